The fourth-order valence-corrected chi connectivity index (χ4v) is 4.00. The second-order valence-electron chi connectivity index (χ2n) is 8.40. The first-order valence-electron chi connectivity index (χ1n) is 10.0. The Morgan fingerprint density at radius 1 is 1.17 bits per heavy atom. The third-order valence-corrected chi connectivity index (χ3v) is 5.45. The Bertz CT molecular complexity index is 1130. The molecule has 0 saturated heterocycles. The third-order valence-electron chi connectivity index (χ3n) is 5.45. The van der Waals surface area contributed by atoms with Crippen LogP contribution in [0, 0.1) is 0 Å². The first-order chi connectivity index (χ1) is 14.3. The van der Waals surface area contributed by atoms with Crippen molar-refractivity contribution in [3.63, 3.8) is 0 Å². The molecule has 6 nitrogen and oxygen atoms in total. The Kier molecular flexibility index (Phi) is 5.12. The number of para-hydroxylation sites is 1. The Hall–Kier alpha value is -3.12. The summed E-state index contributed by atoms with van der Waals surface area (Å²) in [5.41, 5.74) is 2.46. The molecule has 0 radical (unpaired) electrons. The minimum absolute atomic E-state index is 0.0215. The van der Waals surface area contributed by atoms with Crippen LogP contribution < -0.4 is 10.1 Å². The molecule has 1 aliphatic rings. The van der Waals surface area contributed by atoms with Crippen molar-refractivity contribution < 1.29 is 18.7 Å². The van der Waals surface area contributed by atoms with Crippen LogP contribution in [0.5, 0.6) is 5.75 Å². The van der Waals surface area contributed by atoms with Gasteiger partial charge < -0.3 is 19.4 Å². The fourth-order valence-electron chi connectivity index (χ4n) is 4.00. The van der Waals surface area contributed by atoms with Crippen molar-refractivity contribution in [3.8, 4) is 5.75 Å². The molecule has 1 aromatic heterocycles. The van der Waals surface area contributed by atoms with E-state index in [-0.39, 0.29) is 11.7 Å². The molecule has 0 saturated carbocycles. The molecule has 3 aromatic rings. The Balaban J connectivity index is 1.56. The number of amides is 1. The van der Waals surface area contributed by atoms with E-state index < -0.39 is 5.41 Å². The molecule has 1 aliphatic carbocycles. The quantitative estimate of drug-likeness (QED) is 0.636. The number of carbonyl (C=O) groups excluding carboxylic acids is 2. The molecule has 1 amide bonds. The molecule has 0 bridgehead atoms. The first-order valence-corrected chi connectivity index (χ1v) is 10.0. The molecule has 0 atom stereocenters. The van der Waals surface area contributed by atoms with Crippen LogP contribution >= 0.6 is 0 Å². The van der Waals surface area contributed by atoms with Crippen molar-refractivity contribution in [3.05, 3.63) is 64.9 Å². The molecule has 1 N–H and O–H groups in total. The molecule has 0 unspecified atom stereocenters. The summed E-state index contributed by atoms with van der Waals surface area (Å²) in [6, 6.07) is 13.2. The second kappa shape index (κ2) is 7.61. The van der Waals surface area contributed by atoms with E-state index in [9.17, 15) is 9.59 Å². The van der Waals surface area contributed by atoms with Crippen molar-refractivity contribution in [2.45, 2.75) is 19.3 Å². The maximum Gasteiger partial charge on any atom is 0.234 e. The smallest absolute Gasteiger partial charge is 0.234 e. The van der Waals surface area contributed by atoms with Crippen LogP contribution in [0.4, 0.5) is 0 Å². The monoisotopic (exact) mass is 406 g/mol. The summed E-state index contributed by atoms with van der Waals surface area (Å²) in [5, 5.41) is 3.67. The van der Waals surface area contributed by atoms with Gasteiger partial charge in [-0.2, -0.15) is 0 Å². The second-order valence-corrected chi connectivity index (χ2v) is 8.40. The molecule has 0 aliphatic heterocycles. The number of likely N-dealkylation sites (N-methyl/N-ethyl adjacent to an activating group) is 1. The normalized spacial score (nSPS) is 14.5. The fraction of sp³-hybridized carbons (Fsp3) is 0.333. The molecule has 4 rings (SSSR count). The lowest BCUT2D eigenvalue weighted by Gasteiger charge is -2.30. The van der Waals surface area contributed by atoms with Gasteiger partial charge in [0.25, 0.3) is 0 Å². The van der Waals surface area contributed by atoms with E-state index in [1.807, 2.05) is 61.5 Å². The van der Waals surface area contributed by atoms with Gasteiger partial charge in [-0.15, -0.1) is 0 Å². The molecule has 156 valence electrons. The van der Waals surface area contributed by atoms with Crippen molar-refractivity contribution in [2.24, 2.45) is 0 Å². The van der Waals surface area contributed by atoms with Gasteiger partial charge in [0.1, 0.15) is 23.7 Å². The number of nitrogens with one attached hydrogen (secondary N) is 1. The number of carbonyl (C=O) groups is 2. The highest BCUT2D eigenvalue weighted by molar-refractivity contribution is 6.19. The van der Waals surface area contributed by atoms with Gasteiger partial charge in [-0.05, 0) is 57.8 Å². The lowest BCUT2D eigenvalue weighted by Crippen LogP contribution is -2.35. The molecule has 6 heteroatoms. The number of ketones is 1. The highest BCUT2D eigenvalue weighted by Gasteiger charge is 2.41. The summed E-state index contributed by atoms with van der Waals surface area (Å²) in [7, 11) is 3.69. The van der Waals surface area contributed by atoms with Crippen LogP contribution in [0.15, 0.2) is 46.9 Å². The number of benzene rings is 2. The zero-order valence-corrected chi connectivity index (χ0v) is 17.7. The Labute approximate surface area is 175 Å². The van der Waals surface area contributed by atoms with E-state index >= 15 is 0 Å². The highest BCUT2D eigenvalue weighted by Crippen LogP contribution is 2.46. The van der Waals surface area contributed by atoms with Crippen LogP contribution in [-0.2, 0) is 10.2 Å². The number of hydrogen-bond donors (Lipinski definition) is 1. The largest absolute Gasteiger partial charge is 0.492 e. The molecular formula is C24H26N2O4. The van der Waals surface area contributed by atoms with Gasteiger partial charge in [-0.1, -0.05) is 18.2 Å². The minimum atomic E-state index is -0.475. The van der Waals surface area contributed by atoms with Gasteiger partial charge in [0.15, 0.2) is 5.78 Å². The number of hydrogen-bond acceptors (Lipinski definition) is 5. The minimum Gasteiger partial charge on any atom is -0.492 e. The predicted molar refractivity (Wildman–Crippen MR) is 115 cm³/mol. The maximum atomic E-state index is 13.3. The summed E-state index contributed by atoms with van der Waals surface area (Å²) in [4.78, 5) is 26.8. The Morgan fingerprint density at radius 2 is 1.93 bits per heavy atom. The lowest BCUT2D eigenvalue weighted by molar-refractivity contribution is -0.121. The van der Waals surface area contributed by atoms with Crippen molar-refractivity contribution >= 4 is 22.7 Å². The van der Waals surface area contributed by atoms with E-state index in [1.54, 1.807) is 0 Å². The number of furan rings is 1. The summed E-state index contributed by atoms with van der Waals surface area (Å²) in [6.07, 6.45) is 0. The standard InChI is InChI=1S/C24H26N2O4/c1-24(2)18-13-15(29-12-11-25-20(27)14-26(3)4)9-10-16(18)22(28)21-17-7-5-6-8-19(17)30-23(21)24/h5-10,13H,11-12,14H2,1-4H3,(H,25,27). The molecule has 1 heterocycles. The lowest BCUT2D eigenvalue weighted by atomic mass is 9.72. The van der Waals surface area contributed by atoms with Gasteiger partial charge in [0.05, 0.1) is 18.7 Å². The van der Waals surface area contributed by atoms with Crippen LogP contribution in [0.2, 0.25) is 0 Å². The molecule has 0 fully saturated rings. The number of fused-ring (bicyclic) bond motifs is 4. The van der Waals surface area contributed by atoms with Gasteiger partial charge in [0.2, 0.25) is 5.91 Å². The summed E-state index contributed by atoms with van der Waals surface area (Å²) in [6.45, 7) is 5.23. The van der Waals surface area contributed by atoms with Crippen LogP contribution in [0.3, 0.4) is 0 Å². The van der Waals surface area contributed by atoms with Gasteiger partial charge >= 0.3 is 0 Å². The van der Waals surface area contributed by atoms with Crippen molar-refractivity contribution in [2.75, 3.05) is 33.8 Å². The van der Waals surface area contributed by atoms with Crippen molar-refractivity contribution in [1.29, 1.82) is 0 Å². The van der Waals surface area contributed by atoms with Gasteiger partial charge in [-0.25, -0.2) is 0 Å². The van der Waals surface area contributed by atoms with E-state index in [4.69, 9.17) is 9.15 Å². The average Bonchev–Trinajstić information content (AvgIpc) is 3.10. The van der Waals surface area contributed by atoms with Crippen molar-refractivity contribution in [1.82, 2.24) is 10.2 Å². The van der Waals surface area contributed by atoms with Gasteiger partial charge in [-0.3, -0.25) is 9.59 Å². The van der Waals surface area contributed by atoms with E-state index in [0.717, 1.165) is 16.5 Å². The number of rotatable bonds is 6. The third kappa shape index (κ3) is 3.48. The zero-order chi connectivity index (χ0) is 21.5. The summed E-state index contributed by atoms with van der Waals surface area (Å²) >= 11 is 0. The first kappa shape index (κ1) is 20.2. The zero-order valence-electron chi connectivity index (χ0n) is 17.7. The molecule has 30 heavy (non-hydrogen) atoms. The molecular weight excluding hydrogens is 380 g/mol. The molecule has 0 spiro atoms. The summed E-state index contributed by atoms with van der Waals surface area (Å²) < 4.78 is 11.9. The maximum absolute atomic E-state index is 13.3. The predicted octanol–water partition coefficient (Wildman–Crippen LogP) is 3.36. The number of ether oxygens (including phenoxy) is 1. The number of nitrogens with zero attached hydrogens (tertiary/aromatic N) is 1. The van der Waals surface area contributed by atoms with Crippen LogP contribution in [0.25, 0.3) is 11.0 Å². The Morgan fingerprint density at radius 3 is 2.70 bits per heavy atom. The van der Waals surface area contributed by atoms with E-state index in [2.05, 4.69) is 19.2 Å². The topological polar surface area (TPSA) is 71.8 Å². The van der Waals surface area contributed by atoms with Crippen LogP contribution in [0.1, 0.15) is 41.1 Å². The van der Waals surface area contributed by atoms with Crippen LogP contribution in [-0.4, -0.2) is 50.4 Å². The van der Waals surface area contributed by atoms with E-state index in [0.29, 0.717) is 42.3 Å². The average molecular weight is 406 g/mol. The molecule has 2 aromatic carbocycles. The highest BCUT2D eigenvalue weighted by atomic mass is 16.5. The SMILES string of the molecule is CN(C)CC(=O)NCCOc1ccc2c(c1)C(C)(C)c1oc3ccccc3c1C2=O. The summed E-state index contributed by atoms with van der Waals surface area (Å²) in [5.74, 6) is 1.29. The van der Waals surface area contributed by atoms with Gasteiger partial charge in [0, 0.05) is 16.4 Å². The van der Waals surface area contributed by atoms with E-state index in [1.165, 1.54) is 0 Å².